The fourth-order valence-electron chi connectivity index (χ4n) is 1.50. The number of halogens is 3. The molecule has 0 aliphatic carbocycles. The Kier molecular flexibility index (Phi) is 3.06. The predicted octanol–water partition coefficient (Wildman–Crippen LogP) is 2.92. The largest absolute Gasteiger partial charge is 0.396 e. The van der Waals surface area contributed by atoms with E-state index >= 15 is 0 Å². The van der Waals surface area contributed by atoms with E-state index < -0.39 is 28.8 Å². The highest BCUT2D eigenvalue weighted by atomic mass is 19.1. The van der Waals surface area contributed by atoms with Crippen LogP contribution in [0.3, 0.4) is 0 Å². The Labute approximate surface area is 101 Å². The van der Waals surface area contributed by atoms with Crippen molar-refractivity contribution < 1.29 is 18.0 Å². The Morgan fingerprint density at radius 3 is 2.33 bits per heavy atom. The van der Waals surface area contributed by atoms with Crippen molar-refractivity contribution in [3.8, 4) is 0 Å². The minimum atomic E-state index is -0.862. The number of hydrogen-bond donors (Lipinski definition) is 1. The number of nitrogen functional groups attached to an aromatic ring is 1. The molecule has 2 N–H and O–H groups in total. The van der Waals surface area contributed by atoms with Crippen LogP contribution < -0.4 is 5.73 Å². The molecule has 18 heavy (non-hydrogen) atoms. The zero-order valence-corrected chi connectivity index (χ0v) is 9.08. The van der Waals surface area contributed by atoms with Crippen LogP contribution in [0.15, 0.2) is 36.4 Å². The first-order valence-corrected chi connectivity index (χ1v) is 5.04. The Hall–Kier alpha value is -2.30. The lowest BCUT2D eigenvalue weighted by Crippen LogP contribution is -2.06. The predicted molar refractivity (Wildman–Crippen MR) is 60.6 cm³/mol. The summed E-state index contributed by atoms with van der Waals surface area (Å²) in [5.41, 5.74) is 4.61. The molecule has 0 saturated carbocycles. The van der Waals surface area contributed by atoms with E-state index in [0.717, 1.165) is 24.3 Å². The third-order valence-corrected chi connectivity index (χ3v) is 2.44. The Balaban J connectivity index is 2.47. The summed E-state index contributed by atoms with van der Waals surface area (Å²) in [6.45, 7) is 0. The normalized spacial score (nSPS) is 10.4. The molecule has 2 aromatic rings. The van der Waals surface area contributed by atoms with E-state index in [2.05, 4.69) is 0 Å². The van der Waals surface area contributed by atoms with Gasteiger partial charge in [-0.3, -0.25) is 4.79 Å². The second-order valence-electron chi connectivity index (χ2n) is 3.69. The van der Waals surface area contributed by atoms with E-state index in [4.69, 9.17) is 5.73 Å². The van der Waals surface area contributed by atoms with E-state index in [9.17, 15) is 18.0 Å². The third kappa shape index (κ3) is 2.20. The quantitative estimate of drug-likeness (QED) is 0.658. The summed E-state index contributed by atoms with van der Waals surface area (Å²) in [4.78, 5) is 11.9. The van der Waals surface area contributed by atoms with Crippen molar-refractivity contribution in [1.82, 2.24) is 0 Å². The van der Waals surface area contributed by atoms with Crippen LogP contribution in [0.1, 0.15) is 15.9 Å². The molecular weight excluding hydrogens is 243 g/mol. The van der Waals surface area contributed by atoms with Crippen LogP contribution in [-0.4, -0.2) is 5.78 Å². The maximum Gasteiger partial charge on any atom is 0.196 e. The van der Waals surface area contributed by atoms with Gasteiger partial charge in [-0.2, -0.15) is 0 Å². The second kappa shape index (κ2) is 4.52. The summed E-state index contributed by atoms with van der Waals surface area (Å²) in [6.07, 6.45) is 0. The van der Waals surface area contributed by atoms with Gasteiger partial charge in [0.05, 0.1) is 11.3 Å². The molecule has 0 aromatic heterocycles. The van der Waals surface area contributed by atoms with Crippen LogP contribution in [0.4, 0.5) is 18.9 Å². The van der Waals surface area contributed by atoms with Crippen LogP contribution in [0.5, 0.6) is 0 Å². The Morgan fingerprint density at radius 2 is 1.67 bits per heavy atom. The van der Waals surface area contributed by atoms with Gasteiger partial charge in [0, 0.05) is 5.56 Å². The molecular formula is C13H8F3NO. The van der Waals surface area contributed by atoms with Crippen molar-refractivity contribution in [3.05, 3.63) is 65.0 Å². The Bertz CT molecular complexity index is 626. The summed E-state index contributed by atoms with van der Waals surface area (Å²) in [5.74, 6) is -3.18. The summed E-state index contributed by atoms with van der Waals surface area (Å²) in [5, 5.41) is 0. The van der Waals surface area contributed by atoms with E-state index in [1.54, 1.807) is 0 Å². The minimum absolute atomic E-state index is 0.0915. The molecule has 0 saturated heterocycles. The fraction of sp³-hybridized carbons (Fsp3) is 0. The zero-order chi connectivity index (χ0) is 13.3. The lowest BCUT2D eigenvalue weighted by Gasteiger charge is -2.04. The molecule has 0 heterocycles. The molecule has 2 aromatic carbocycles. The average Bonchev–Trinajstić information content (AvgIpc) is 2.35. The highest BCUT2D eigenvalue weighted by Gasteiger charge is 2.16. The van der Waals surface area contributed by atoms with Crippen LogP contribution >= 0.6 is 0 Å². The van der Waals surface area contributed by atoms with Crippen molar-refractivity contribution in [2.24, 2.45) is 0 Å². The molecule has 0 atom stereocenters. The maximum absolute atomic E-state index is 13.4. The number of carbonyl (C=O) groups is 1. The number of rotatable bonds is 2. The number of hydrogen-bond acceptors (Lipinski definition) is 2. The summed E-state index contributed by atoms with van der Waals surface area (Å²) in [7, 11) is 0. The molecule has 0 aliphatic heterocycles. The van der Waals surface area contributed by atoms with Crippen molar-refractivity contribution in [3.63, 3.8) is 0 Å². The zero-order valence-electron chi connectivity index (χ0n) is 9.08. The van der Waals surface area contributed by atoms with Gasteiger partial charge in [0.15, 0.2) is 5.78 Å². The van der Waals surface area contributed by atoms with Crippen molar-refractivity contribution in [2.75, 3.05) is 5.73 Å². The first-order valence-electron chi connectivity index (χ1n) is 5.04. The van der Waals surface area contributed by atoms with Gasteiger partial charge in [0.1, 0.15) is 17.5 Å². The van der Waals surface area contributed by atoms with E-state index in [-0.39, 0.29) is 11.3 Å². The van der Waals surface area contributed by atoms with E-state index in [1.165, 1.54) is 12.1 Å². The van der Waals surface area contributed by atoms with Crippen LogP contribution in [0, 0.1) is 17.5 Å². The highest BCUT2D eigenvalue weighted by Crippen LogP contribution is 2.18. The molecule has 0 bridgehead atoms. The molecule has 2 nitrogen and oxygen atoms in total. The van der Waals surface area contributed by atoms with Gasteiger partial charge >= 0.3 is 0 Å². The third-order valence-electron chi connectivity index (χ3n) is 2.44. The highest BCUT2D eigenvalue weighted by molar-refractivity contribution is 6.09. The maximum atomic E-state index is 13.4. The average molecular weight is 251 g/mol. The molecule has 2 rings (SSSR count). The molecule has 0 radical (unpaired) electrons. The topological polar surface area (TPSA) is 43.1 Å². The smallest absolute Gasteiger partial charge is 0.196 e. The second-order valence-corrected chi connectivity index (χ2v) is 3.69. The van der Waals surface area contributed by atoms with Crippen molar-refractivity contribution >= 4 is 11.5 Å². The van der Waals surface area contributed by atoms with Crippen molar-refractivity contribution in [1.29, 1.82) is 0 Å². The molecule has 0 amide bonds. The van der Waals surface area contributed by atoms with Gasteiger partial charge in [-0.1, -0.05) is 0 Å². The molecule has 0 unspecified atom stereocenters. The first kappa shape index (κ1) is 12.2. The molecule has 0 fully saturated rings. The number of nitrogens with two attached hydrogens (primary N) is 1. The first-order chi connectivity index (χ1) is 8.49. The molecule has 5 heteroatoms. The van der Waals surface area contributed by atoms with Gasteiger partial charge in [-0.25, -0.2) is 13.2 Å². The van der Waals surface area contributed by atoms with Gasteiger partial charge in [-0.15, -0.1) is 0 Å². The summed E-state index contributed by atoms with van der Waals surface area (Å²) in [6, 6.07) is 5.85. The lowest BCUT2D eigenvalue weighted by atomic mass is 10.0. The molecule has 92 valence electrons. The molecule has 0 aliphatic rings. The van der Waals surface area contributed by atoms with Gasteiger partial charge in [0.25, 0.3) is 0 Å². The summed E-state index contributed by atoms with van der Waals surface area (Å²) >= 11 is 0. The number of carbonyl (C=O) groups excluding carboxylic acids is 1. The monoisotopic (exact) mass is 251 g/mol. The minimum Gasteiger partial charge on any atom is -0.396 e. The van der Waals surface area contributed by atoms with E-state index in [0.29, 0.717) is 0 Å². The molecule has 0 spiro atoms. The van der Waals surface area contributed by atoms with Gasteiger partial charge in [-0.05, 0) is 36.4 Å². The van der Waals surface area contributed by atoms with Gasteiger partial charge in [0.2, 0.25) is 0 Å². The lowest BCUT2D eigenvalue weighted by molar-refractivity contribution is 0.103. The van der Waals surface area contributed by atoms with Crippen LogP contribution in [-0.2, 0) is 0 Å². The van der Waals surface area contributed by atoms with Crippen LogP contribution in [0.25, 0.3) is 0 Å². The standard InChI is InChI=1S/C13H8F3NO/c14-8-2-3-10(15)9(6-8)13(18)7-1-4-12(17)11(16)5-7/h1-6H,17H2. The Morgan fingerprint density at radius 1 is 0.944 bits per heavy atom. The SMILES string of the molecule is Nc1ccc(C(=O)c2cc(F)ccc2F)cc1F. The van der Waals surface area contributed by atoms with Crippen molar-refractivity contribution in [2.45, 2.75) is 0 Å². The number of ketones is 1. The fourth-order valence-corrected chi connectivity index (χ4v) is 1.50. The number of anilines is 1. The van der Waals surface area contributed by atoms with Crippen LogP contribution in [0.2, 0.25) is 0 Å². The summed E-state index contributed by atoms with van der Waals surface area (Å²) < 4.78 is 39.5. The van der Waals surface area contributed by atoms with E-state index in [1.807, 2.05) is 0 Å². The number of benzene rings is 2. The van der Waals surface area contributed by atoms with Gasteiger partial charge < -0.3 is 5.73 Å².